The number of piperazine rings is 2. The van der Waals surface area contributed by atoms with Crippen LogP contribution in [0.15, 0.2) is 0 Å². The second-order valence-corrected chi connectivity index (χ2v) is 19.4. The first-order valence-corrected chi connectivity index (χ1v) is 19.4. The van der Waals surface area contributed by atoms with Crippen LogP contribution in [0.3, 0.4) is 0 Å². The Bertz CT molecular complexity index is 706. The van der Waals surface area contributed by atoms with E-state index in [0.717, 1.165) is 39.4 Å². The van der Waals surface area contributed by atoms with Gasteiger partial charge in [0, 0.05) is 93.1 Å². The summed E-state index contributed by atoms with van der Waals surface area (Å²) in [4.78, 5) is 14.7. The minimum atomic E-state index is 0.323. The number of rotatable bonds is 0. The Hall–Kier alpha value is -0.320. The van der Waals surface area contributed by atoms with Crippen LogP contribution in [0.1, 0.15) is 123 Å². The van der Waals surface area contributed by atoms with Crippen LogP contribution in [0.4, 0.5) is 0 Å². The summed E-state index contributed by atoms with van der Waals surface area (Å²) in [5.74, 6) is 0. The van der Waals surface area contributed by atoms with Crippen molar-refractivity contribution in [3.05, 3.63) is 0 Å². The van der Waals surface area contributed by atoms with Gasteiger partial charge in [-0.15, -0.1) is 0 Å². The van der Waals surface area contributed by atoms with Crippen molar-refractivity contribution in [3.63, 3.8) is 0 Å². The molecule has 290 valence electrons. The van der Waals surface area contributed by atoms with Crippen LogP contribution in [0.5, 0.6) is 0 Å². The SMILES string of the molecule is CC(C)(C)N1CCCCC1.CC(C)(C)N1CCNCC1.CC(C)(C)N1CCOCC1.CN(C)C(C)(C)C.CN1CCN(C(C)(C)C)CC1. The maximum Gasteiger partial charge on any atom is 0.0594 e. The van der Waals surface area contributed by atoms with Gasteiger partial charge in [0.2, 0.25) is 0 Å². The molecule has 0 aromatic heterocycles. The van der Waals surface area contributed by atoms with Crippen LogP contribution >= 0.6 is 0 Å². The molecule has 4 saturated heterocycles. The molecule has 8 heteroatoms. The molecule has 4 rings (SSSR count). The lowest BCUT2D eigenvalue weighted by Gasteiger charge is -2.41. The molecule has 8 nitrogen and oxygen atoms in total. The first kappa shape index (κ1) is 47.7. The van der Waals surface area contributed by atoms with E-state index >= 15 is 0 Å². The van der Waals surface area contributed by atoms with Crippen molar-refractivity contribution in [2.75, 3.05) is 113 Å². The first-order chi connectivity index (χ1) is 21.8. The number of nitrogens with zero attached hydrogens (tertiary/aromatic N) is 6. The Kier molecular flexibility index (Phi) is 21.8. The highest BCUT2D eigenvalue weighted by molar-refractivity contribution is 4.82. The summed E-state index contributed by atoms with van der Waals surface area (Å²) in [6.07, 6.45) is 4.24. The van der Waals surface area contributed by atoms with Gasteiger partial charge in [0.25, 0.3) is 0 Å². The molecule has 0 aliphatic carbocycles. The van der Waals surface area contributed by atoms with Crippen LogP contribution in [0, 0.1) is 0 Å². The molecule has 0 aromatic carbocycles. The van der Waals surface area contributed by atoms with Crippen molar-refractivity contribution >= 4 is 0 Å². The van der Waals surface area contributed by atoms with Gasteiger partial charge in [-0.25, -0.2) is 0 Å². The molecule has 0 unspecified atom stereocenters. The molecule has 4 aliphatic heterocycles. The van der Waals surface area contributed by atoms with Crippen LogP contribution in [0.25, 0.3) is 0 Å². The lowest BCUT2D eigenvalue weighted by molar-refractivity contribution is -0.00389. The minimum Gasteiger partial charge on any atom is -0.379 e. The Morgan fingerprint density at radius 2 is 0.750 bits per heavy atom. The van der Waals surface area contributed by atoms with E-state index in [9.17, 15) is 0 Å². The zero-order chi connectivity index (χ0) is 37.4. The number of morpholine rings is 1. The smallest absolute Gasteiger partial charge is 0.0594 e. The average molecular weight is 684 g/mol. The van der Waals surface area contributed by atoms with Crippen molar-refractivity contribution in [1.82, 2.24) is 34.7 Å². The van der Waals surface area contributed by atoms with Gasteiger partial charge >= 0.3 is 0 Å². The van der Waals surface area contributed by atoms with Gasteiger partial charge in [-0.05, 0) is 151 Å². The molecule has 4 fully saturated rings. The highest BCUT2D eigenvalue weighted by Gasteiger charge is 2.25. The Morgan fingerprint density at radius 3 is 1.02 bits per heavy atom. The van der Waals surface area contributed by atoms with Gasteiger partial charge < -0.3 is 19.9 Å². The maximum atomic E-state index is 5.25. The lowest BCUT2D eigenvalue weighted by Crippen LogP contribution is -2.52. The summed E-state index contributed by atoms with van der Waals surface area (Å²) in [6, 6.07) is 0. The van der Waals surface area contributed by atoms with Gasteiger partial charge in [-0.3, -0.25) is 19.6 Å². The van der Waals surface area contributed by atoms with E-state index in [2.05, 4.69) is 160 Å². The largest absolute Gasteiger partial charge is 0.379 e. The number of piperidine rings is 1. The first-order valence-electron chi connectivity index (χ1n) is 19.4. The lowest BCUT2D eigenvalue weighted by atomic mass is 10.0. The Balaban J connectivity index is 0.000000580. The summed E-state index contributed by atoms with van der Waals surface area (Å²) in [6.45, 7) is 50.1. The molecule has 0 aromatic rings. The van der Waals surface area contributed by atoms with Gasteiger partial charge in [0.15, 0.2) is 0 Å². The molecule has 0 amide bonds. The molecule has 4 aliphatic rings. The molecule has 0 atom stereocenters. The summed E-state index contributed by atoms with van der Waals surface area (Å²) in [5.41, 5.74) is 1.79. The molecule has 0 saturated carbocycles. The van der Waals surface area contributed by atoms with E-state index < -0.39 is 0 Å². The van der Waals surface area contributed by atoms with Crippen molar-refractivity contribution < 1.29 is 4.74 Å². The third-order valence-corrected chi connectivity index (χ3v) is 10.1. The summed E-state index contributed by atoms with van der Waals surface area (Å²) in [7, 11) is 6.36. The maximum absolute atomic E-state index is 5.25. The van der Waals surface area contributed by atoms with Crippen LogP contribution in [-0.2, 0) is 4.74 Å². The Labute approximate surface area is 302 Å². The number of nitrogens with one attached hydrogen (secondary N) is 1. The average Bonchev–Trinajstić information content (AvgIpc) is 2.98. The fourth-order valence-corrected chi connectivity index (χ4v) is 5.61. The monoisotopic (exact) mass is 684 g/mol. The highest BCUT2D eigenvalue weighted by atomic mass is 16.5. The van der Waals surface area contributed by atoms with Crippen molar-refractivity contribution in [1.29, 1.82) is 0 Å². The molecular weight excluding hydrogens is 594 g/mol. The van der Waals surface area contributed by atoms with Crippen molar-refractivity contribution in [2.24, 2.45) is 0 Å². The molecule has 4 heterocycles. The summed E-state index contributed by atoms with van der Waals surface area (Å²) in [5, 5.41) is 3.35. The third-order valence-electron chi connectivity index (χ3n) is 10.1. The number of hydrogen-bond donors (Lipinski definition) is 1. The molecule has 0 spiro atoms. The molecule has 48 heavy (non-hydrogen) atoms. The zero-order valence-corrected chi connectivity index (χ0v) is 36.1. The van der Waals surface area contributed by atoms with E-state index in [4.69, 9.17) is 4.74 Å². The number of ether oxygens (including phenoxy) is 1. The van der Waals surface area contributed by atoms with Crippen LogP contribution in [-0.4, -0.2) is 170 Å². The van der Waals surface area contributed by atoms with Crippen molar-refractivity contribution in [3.8, 4) is 0 Å². The molecule has 0 radical (unpaired) electrons. The van der Waals surface area contributed by atoms with Gasteiger partial charge in [0.05, 0.1) is 13.2 Å². The Morgan fingerprint density at radius 1 is 0.438 bits per heavy atom. The number of likely N-dealkylation sites (N-methyl/N-ethyl adjacent to an activating group) is 1. The predicted octanol–water partition coefficient (Wildman–Crippen LogP) is 6.46. The second kappa shape index (κ2) is 21.9. The van der Waals surface area contributed by atoms with Gasteiger partial charge in [0.1, 0.15) is 0 Å². The predicted molar refractivity (Wildman–Crippen MR) is 214 cm³/mol. The second-order valence-electron chi connectivity index (χ2n) is 19.4. The van der Waals surface area contributed by atoms with Crippen LogP contribution < -0.4 is 5.32 Å². The van der Waals surface area contributed by atoms with E-state index in [1.807, 2.05) is 0 Å². The highest BCUT2D eigenvalue weighted by Crippen LogP contribution is 2.19. The van der Waals surface area contributed by atoms with Gasteiger partial charge in [-0.2, -0.15) is 0 Å². The summed E-state index contributed by atoms with van der Waals surface area (Å²) < 4.78 is 5.25. The molecular formula is C40H89N7O. The fourth-order valence-electron chi connectivity index (χ4n) is 5.61. The number of hydrogen-bond acceptors (Lipinski definition) is 8. The number of likely N-dealkylation sites (tertiary alicyclic amines) is 1. The van der Waals surface area contributed by atoms with E-state index in [0.29, 0.717) is 27.7 Å². The summed E-state index contributed by atoms with van der Waals surface area (Å²) >= 11 is 0. The topological polar surface area (TPSA) is 40.7 Å². The van der Waals surface area contributed by atoms with E-state index in [-0.39, 0.29) is 0 Å². The quantitative estimate of drug-likeness (QED) is 0.312. The normalized spacial score (nSPS) is 21.8. The van der Waals surface area contributed by atoms with Crippen LogP contribution in [0.2, 0.25) is 0 Å². The van der Waals surface area contributed by atoms with Gasteiger partial charge in [-0.1, -0.05) is 6.42 Å². The standard InChI is InChI=1S/C9H20N2.C9H19N.C8H18N2.C8H17NO.C6H15N/c1-9(2,3)11-7-5-10(4)6-8-11;1-9(2,3)10-7-5-4-6-8-10;1-8(2,3)10-6-4-9-5-7-10;1-8(2,3)9-4-6-10-7-5-9;1-6(2,3)7(4)5/h5-8H2,1-4H3;4-8H2,1-3H3;9H,4-7H2,1-3H3;4-7H2,1-3H3;1-5H3. The molecule has 0 bridgehead atoms. The van der Waals surface area contributed by atoms with E-state index in [1.165, 1.54) is 71.6 Å². The van der Waals surface area contributed by atoms with E-state index in [1.54, 1.807) is 0 Å². The minimum absolute atomic E-state index is 0.323. The van der Waals surface area contributed by atoms with Crippen molar-refractivity contribution in [2.45, 2.75) is 151 Å². The fraction of sp³-hybridized carbons (Fsp3) is 1.00. The third kappa shape index (κ3) is 22.5. The zero-order valence-electron chi connectivity index (χ0n) is 36.1. The molecule has 1 N–H and O–H groups in total.